The van der Waals surface area contributed by atoms with E-state index in [4.69, 9.17) is 8.83 Å². The van der Waals surface area contributed by atoms with Crippen molar-refractivity contribution in [2.45, 2.75) is 6.92 Å². The number of rotatable bonds is 6. The molecule has 0 radical (unpaired) electrons. The first-order valence-electron chi connectivity index (χ1n) is 20.1. The first-order valence-corrected chi connectivity index (χ1v) is 20.1. The van der Waals surface area contributed by atoms with Crippen molar-refractivity contribution < 1.29 is 8.83 Å². The minimum absolute atomic E-state index is 0.898. The van der Waals surface area contributed by atoms with Gasteiger partial charge in [-0.2, -0.15) is 0 Å². The number of hydrogen-bond acceptors (Lipinski definition) is 2. The van der Waals surface area contributed by atoms with Crippen LogP contribution in [0.4, 0.5) is 0 Å². The Balaban J connectivity index is 1.07. The van der Waals surface area contributed by atoms with E-state index < -0.39 is 0 Å². The molecule has 0 aliphatic rings. The topological polar surface area (TPSA) is 36.1 Å². The van der Waals surface area contributed by atoms with E-state index in [-0.39, 0.29) is 0 Å². The summed E-state index contributed by atoms with van der Waals surface area (Å²) in [6.07, 6.45) is 8.09. The Morgan fingerprint density at radius 2 is 1.07 bits per heavy atom. The van der Waals surface area contributed by atoms with E-state index in [1.54, 1.807) is 0 Å². The van der Waals surface area contributed by atoms with Crippen molar-refractivity contribution in [2.24, 2.45) is 0 Å². The number of benzene rings is 8. The number of hydrogen-bond donors (Lipinski definition) is 0. The molecule has 4 heteroatoms. The standard InChI is InChI=1S/C55H36N2O2/c1-3-13-34(14-4-2)35-15-11-17-38(31-35)56-46-22-8-5-20-43(46)52-48(56)28-26-41-42-27-29-49-53(55(42)59-54(41)52)44-21-6-9-23-47(44)57(49)39-18-12-16-36(32-39)37-25-30-51-45(33-37)40-19-7-10-24-50(40)58-51/h3-33H,1H2,2H3/b14-4-,34-13+. The second-order valence-electron chi connectivity index (χ2n) is 15.2. The predicted octanol–water partition coefficient (Wildman–Crippen LogP) is 15.5. The molecule has 0 aliphatic carbocycles. The number of furan rings is 2. The van der Waals surface area contributed by atoms with E-state index in [1.165, 1.54) is 0 Å². The number of para-hydroxylation sites is 3. The summed E-state index contributed by atoms with van der Waals surface area (Å²) >= 11 is 0. The second kappa shape index (κ2) is 12.9. The molecule has 0 spiro atoms. The maximum absolute atomic E-state index is 7.22. The van der Waals surface area contributed by atoms with Crippen LogP contribution in [0.3, 0.4) is 0 Å². The Kier molecular flexibility index (Phi) is 7.26. The third-order valence-electron chi connectivity index (χ3n) is 12.0. The summed E-state index contributed by atoms with van der Waals surface area (Å²) in [5, 5.41) is 9.01. The average Bonchev–Trinajstić information content (AvgIpc) is 4.03. The maximum Gasteiger partial charge on any atom is 0.145 e. The van der Waals surface area contributed by atoms with Gasteiger partial charge in [-0.15, -0.1) is 0 Å². The predicted molar refractivity (Wildman–Crippen MR) is 248 cm³/mol. The summed E-state index contributed by atoms with van der Waals surface area (Å²) in [6, 6.07) is 58.7. The molecular formula is C55H36N2O2. The Morgan fingerprint density at radius 3 is 1.75 bits per heavy atom. The molecule has 4 nitrogen and oxygen atoms in total. The van der Waals surface area contributed by atoms with E-state index in [2.05, 4.69) is 186 Å². The van der Waals surface area contributed by atoms with Crippen molar-refractivity contribution in [3.8, 4) is 22.5 Å². The fourth-order valence-electron chi connectivity index (χ4n) is 9.46. The quantitative estimate of drug-likeness (QED) is 0.158. The molecule has 12 aromatic rings. The molecule has 4 heterocycles. The number of aromatic nitrogens is 2. The highest BCUT2D eigenvalue weighted by atomic mass is 16.3. The van der Waals surface area contributed by atoms with Crippen molar-refractivity contribution in [1.82, 2.24) is 9.13 Å². The summed E-state index contributed by atoms with van der Waals surface area (Å²) in [5.74, 6) is 0. The van der Waals surface area contributed by atoms with Gasteiger partial charge in [0.05, 0.1) is 32.8 Å². The average molecular weight is 757 g/mol. The first kappa shape index (κ1) is 33.3. The highest BCUT2D eigenvalue weighted by Gasteiger charge is 2.23. The van der Waals surface area contributed by atoms with Crippen molar-refractivity contribution in [3.05, 3.63) is 200 Å². The summed E-state index contributed by atoms with van der Waals surface area (Å²) < 4.78 is 18.1. The minimum Gasteiger partial charge on any atom is -0.456 e. The molecule has 12 rings (SSSR count). The van der Waals surface area contributed by atoms with Crippen LogP contribution in [0.15, 0.2) is 204 Å². The highest BCUT2D eigenvalue weighted by Crippen LogP contribution is 2.45. The molecule has 0 fully saturated rings. The molecule has 0 amide bonds. The lowest BCUT2D eigenvalue weighted by Crippen LogP contribution is -1.95. The molecule has 0 N–H and O–H groups in total. The van der Waals surface area contributed by atoms with Gasteiger partial charge in [0.1, 0.15) is 22.3 Å². The zero-order chi connectivity index (χ0) is 39.2. The first-order chi connectivity index (χ1) is 29.2. The zero-order valence-electron chi connectivity index (χ0n) is 32.3. The molecule has 278 valence electrons. The van der Waals surface area contributed by atoms with Crippen LogP contribution < -0.4 is 0 Å². The van der Waals surface area contributed by atoms with Crippen molar-refractivity contribution in [2.75, 3.05) is 0 Å². The van der Waals surface area contributed by atoms with Gasteiger partial charge in [0.15, 0.2) is 0 Å². The van der Waals surface area contributed by atoms with E-state index in [1.807, 2.05) is 25.1 Å². The van der Waals surface area contributed by atoms with Crippen LogP contribution in [0.2, 0.25) is 0 Å². The molecule has 4 aromatic heterocycles. The number of nitrogens with zero attached hydrogens (tertiary/aromatic N) is 2. The van der Waals surface area contributed by atoms with Crippen molar-refractivity contribution >= 4 is 93.1 Å². The van der Waals surface area contributed by atoms with Gasteiger partial charge in [0.2, 0.25) is 0 Å². The van der Waals surface area contributed by atoms with Gasteiger partial charge in [-0.25, -0.2) is 0 Å². The SMILES string of the molecule is C=C/C=C(\C=C/C)c1cccc(-n2c3ccccc3c3c4oc5c(ccc6c5c5ccccc5n6-c5cccc(-c6ccc7oc8ccccc8c7c6)c5)c4ccc32)c1. The molecule has 0 aliphatic heterocycles. The lowest BCUT2D eigenvalue weighted by atomic mass is 10.0. The Labute approximate surface area is 339 Å². The molecule has 0 saturated carbocycles. The molecule has 0 unspecified atom stereocenters. The van der Waals surface area contributed by atoms with Crippen molar-refractivity contribution in [1.29, 1.82) is 0 Å². The Morgan fingerprint density at radius 1 is 0.475 bits per heavy atom. The summed E-state index contributed by atoms with van der Waals surface area (Å²) in [5.41, 5.74) is 14.8. The van der Waals surface area contributed by atoms with E-state index >= 15 is 0 Å². The van der Waals surface area contributed by atoms with Gasteiger partial charge in [0.25, 0.3) is 0 Å². The van der Waals surface area contributed by atoms with Crippen LogP contribution in [0.1, 0.15) is 12.5 Å². The molecular weight excluding hydrogens is 721 g/mol. The molecule has 0 saturated heterocycles. The number of fused-ring (bicyclic) bond motifs is 14. The minimum atomic E-state index is 0.898. The summed E-state index contributed by atoms with van der Waals surface area (Å²) in [6.45, 7) is 6.00. The van der Waals surface area contributed by atoms with Crippen LogP contribution in [0, 0.1) is 0 Å². The second-order valence-corrected chi connectivity index (χ2v) is 15.2. The Bertz CT molecular complexity index is 3770. The molecule has 0 bridgehead atoms. The van der Waals surface area contributed by atoms with Crippen molar-refractivity contribution in [3.63, 3.8) is 0 Å². The third-order valence-corrected chi connectivity index (χ3v) is 12.0. The summed E-state index contributed by atoms with van der Waals surface area (Å²) in [4.78, 5) is 0. The van der Waals surface area contributed by atoms with Gasteiger partial charge < -0.3 is 18.0 Å². The molecule has 0 atom stereocenters. The fourth-order valence-corrected chi connectivity index (χ4v) is 9.46. The Hall–Kier alpha value is -7.82. The monoisotopic (exact) mass is 756 g/mol. The van der Waals surface area contributed by atoms with E-state index in [0.29, 0.717) is 0 Å². The smallest absolute Gasteiger partial charge is 0.145 e. The lowest BCUT2D eigenvalue weighted by molar-refractivity contribution is 0.669. The zero-order valence-corrected chi connectivity index (χ0v) is 32.3. The van der Waals surface area contributed by atoms with Gasteiger partial charge in [-0.3, -0.25) is 0 Å². The third kappa shape index (κ3) is 4.90. The maximum atomic E-state index is 7.22. The van der Waals surface area contributed by atoms with Crippen LogP contribution >= 0.6 is 0 Å². The van der Waals surface area contributed by atoms with Crippen LogP contribution in [-0.2, 0) is 0 Å². The fraction of sp³-hybridized carbons (Fsp3) is 0.0182. The number of allylic oxidation sites excluding steroid dienone is 5. The van der Waals surface area contributed by atoms with Crippen LogP contribution in [0.5, 0.6) is 0 Å². The van der Waals surface area contributed by atoms with E-state index in [9.17, 15) is 0 Å². The van der Waals surface area contributed by atoms with E-state index in [0.717, 1.165) is 121 Å². The van der Waals surface area contributed by atoms with Gasteiger partial charge in [-0.05, 0) is 108 Å². The normalized spacial score (nSPS) is 12.6. The highest BCUT2D eigenvalue weighted by molar-refractivity contribution is 6.29. The van der Waals surface area contributed by atoms with Gasteiger partial charge >= 0.3 is 0 Å². The molecule has 59 heavy (non-hydrogen) atoms. The molecule has 8 aromatic carbocycles. The largest absolute Gasteiger partial charge is 0.456 e. The van der Waals surface area contributed by atoms with Crippen LogP contribution in [0.25, 0.3) is 116 Å². The van der Waals surface area contributed by atoms with Gasteiger partial charge in [-0.1, -0.05) is 116 Å². The van der Waals surface area contributed by atoms with Gasteiger partial charge in [0, 0.05) is 43.7 Å². The van der Waals surface area contributed by atoms with Crippen LogP contribution in [-0.4, -0.2) is 9.13 Å². The summed E-state index contributed by atoms with van der Waals surface area (Å²) in [7, 11) is 0. The lowest BCUT2D eigenvalue weighted by Gasteiger charge is -2.11.